The van der Waals surface area contributed by atoms with E-state index in [-0.39, 0.29) is 0 Å². The molecule has 2 aromatic carbocycles. The Bertz CT molecular complexity index is 554. The van der Waals surface area contributed by atoms with Crippen LogP contribution in [0, 0.1) is 0 Å². The first kappa shape index (κ1) is 15.4. The molecular weight excluding hydrogens is 262 g/mol. The summed E-state index contributed by atoms with van der Waals surface area (Å²) in [6.07, 6.45) is 0.925. The predicted molar refractivity (Wildman–Crippen MR) is 85.9 cm³/mol. The molecule has 1 atom stereocenters. The molecule has 2 aromatic rings. The van der Waals surface area contributed by atoms with E-state index in [0.717, 1.165) is 29.0 Å². The summed E-state index contributed by atoms with van der Waals surface area (Å²) in [5.74, 6) is 1.94. The average Bonchev–Trinajstić information content (AvgIpc) is 2.53. The summed E-state index contributed by atoms with van der Waals surface area (Å²) in [6.45, 7) is 3.36. The topological polar surface area (TPSA) is 44.5 Å². The monoisotopic (exact) mass is 285 g/mol. The molecule has 2 rings (SSSR count). The normalized spacial score (nSPS) is 12.0. The zero-order chi connectivity index (χ0) is 15.1. The molecule has 0 spiro atoms. The lowest BCUT2D eigenvalue weighted by molar-refractivity contribution is 0.279. The number of hydrogen-bond acceptors (Lipinski definition) is 3. The number of methoxy groups -OCH3 is 1. The highest BCUT2D eigenvalue weighted by Crippen LogP contribution is 2.37. The van der Waals surface area contributed by atoms with E-state index in [4.69, 9.17) is 15.2 Å². The summed E-state index contributed by atoms with van der Waals surface area (Å²) in [4.78, 5) is 0. The van der Waals surface area contributed by atoms with E-state index in [9.17, 15) is 0 Å². The van der Waals surface area contributed by atoms with Crippen molar-refractivity contribution >= 4 is 0 Å². The van der Waals surface area contributed by atoms with Gasteiger partial charge in [-0.3, -0.25) is 0 Å². The van der Waals surface area contributed by atoms with Crippen LogP contribution in [-0.2, 0) is 6.61 Å². The molecule has 0 aliphatic heterocycles. The molecule has 0 aliphatic carbocycles. The van der Waals surface area contributed by atoms with Gasteiger partial charge < -0.3 is 15.2 Å². The Morgan fingerprint density at radius 1 is 1.05 bits per heavy atom. The van der Waals surface area contributed by atoms with Crippen LogP contribution in [0.5, 0.6) is 11.5 Å². The molecule has 0 amide bonds. The molecule has 21 heavy (non-hydrogen) atoms. The summed E-state index contributed by atoms with van der Waals surface area (Å²) >= 11 is 0. The van der Waals surface area contributed by atoms with Crippen LogP contribution < -0.4 is 15.2 Å². The van der Waals surface area contributed by atoms with E-state index in [1.165, 1.54) is 0 Å². The van der Waals surface area contributed by atoms with Gasteiger partial charge in [-0.25, -0.2) is 0 Å². The highest BCUT2D eigenvalue weighted by Gasteiger charge is 2.15. The van der Waals surface area contributed by atoms with E-state index in [0.29, 0.717) is 19.1 Å². The van der Waals surface area contributed by atoms with E-state index >= 15 is 0 Å². The molecule has 3 nitrogen and oxygen atoms in total. The minimum absolute atomic E-state index is 0.343. The molecule has 2 N–H and O–H groups in total. The van der Waals surface area contributed by atoms with Crippen LogP contribution in [0.4, 0.5) is 0 Å². The fourth-order valence-corrected chi connectivity index (χ4v) is 2.37. The number of nitrogens with two attached hydrogens (primary N) is 1. The van der Waals surface area contributed by atoms with Crippen molar-refractivity contribution in [1.82, 2.24) is 0 Å². The lowest BCUT2D eigenvalue weighted by Gasteiger charge is -2.19. The van der Waals surface area contributed by atoms with Crippen LogP contribution in [-0.4, -0.2) is 13.7 Å². The summed E-state index contributed by atoms with van der Waals surface area (Å²) < 4.78 is 11.5. The quantitative estimate of drug-likeness (QED) is 0.843. The van der Waals surface area contributed by atoms with Crippen molar-refractivity contribution < 1.29 is 9.47 Å². The number of para-hydroxylation sites is 1. The number of hydrogen-bond donors (Lipinski definition) is 1. The molecule has 0 radical (unpaired) electrons. The van der Waals surface area contributed by atoms with Gasteiger partial charge in [-0.15, -0.1) is 0 Å². The van der Waals surface area contributed by atoms with Crippen LogP contribution in [0.15, 0.2) is 48.5 Å². The zero-order valence-corrected chi connectivity index (χ0v) is 12.7. The second-order valence-corrected chi connectivity index (χ2v) is 5.13. The Balaban J connectivity index is 2.23. The summed E-state index contributed by atoms with van der Waals surface area (Å²) in [7, 11) is 1.67. The second-order valence-electron chi connectivity index (χ2n) is 5.13. The van der Waals surface area contributed by atoms with Crippen LogP contribution >= 0.6 is 0 Å². The minimum atomic E-state index is 0.343. The fraction of sp³-hybridized carbons (Fsp3) is 0.333. The Hall–Kier alpha value is -2.00. The summed E-state index contributed by atoms with van der Waals surface area (Å²) in [5.41, 5.74) is 7.97. The van der Waals surface area contributed by atoms with Crippen molar-refractivity contribution in [1.29, 1.82) is 0 Å². The highest BCUT2D eigenvalue weighted by molar-refractivity contribution is 5.48. The first-order chi connectivity index (χ1) is 10.3. The van der Waals surface area contributed by atoms with Crippen LogP contribution in [0.25, 0.3) is 0 Å². The molecule has 3 heteroatoms. The molecule has 0 saturated heterocycles. The standard InChI is InChI=1S/C18H23NO2/c1-14(11-12-19)16-9-6-10-17(20-2)18(16)21-13-15-7-4-3-5-8-15/h3-10,14H,11-13,19H2,1-2H3. The first-order valence-corrected chi connectivity index (χ1v) is 7.30. The Labute approximate surface area is 126 Å². The van der Waals surface area contributed by atoms with Gasteiger partial charge in [0.2, 0.25) is 0 Å². The van der Waals surface area contributed by atoms with E-state index in [1.54, 1.807) is 7.11 Å². The van der Waals surface area contributed by atoms with Crippen molar-refractivity contribution in [2.24, 2.45) is 5.73 Å². The van der Waals surface area contributed by atoms with Crippen LogP contribution in [0.2, 0.25) is 0 Å². The van der Waals surface area contributed by atoms with Crippen molar-refractivity contribution in [2.75, 3.05) is 13.7 Å². The minimum Gasteiger partial charge on any atom is -0.493 e. The van der Waals surface area contributed by atoms with Crippen molar-refractivity contribution in [3.05, 3.63) is 59.7 Å². The molecule has 1 unspecified atom stereocenters. The maximum atomic E-state index is 6.05. The van der Waals surface area contributed by atoms with Gasteiger partial charge in [0.15, 0.2) is 11.5 Å². The van der Waals surface area contributed by atoms with Gasteiger partial charge in [0.1, 0.15) is 6.61 Å². The first-order valence-electron chi connectivity index (χ1n) is 7.30. The average molecular weight is 285 g/mol. The largest absolute Gasteiger partial charge is 0.493 e. The van der Waals surface area contributed by atoms with E-state index < -0.39 is 0 Å². The molecule has 0 bridgehead atoms. The number of ether oxygens (including phenoxy) is 2. The SMILES string of the molecule is COc1cccc(C(C)CCN)c1OCc1ccccc1. The third-order valence-electron chi connectivity index (χ3n) is 3.59. The van der Waals surface area contributed by atoms with Crippen molar-refractivity contribution in [2.45, 2.75) is 25.9 Å². The Kier molecular flexibility index (Phi) is 5.64. The van der Waals surface area contributed by atoms with Gasteiger partial charge in [0.05, 0.1) is 7.11 Å². The molecule has 112 valence electrons. The fourth-order valence-electron chi connectivity index (χ4n) is 2.37. The summed E-state index contributed by atoms with van der Waals surface area (Å²) in [5, 5.41) is 0. The molecule has 0 saturated carbocycles. The van der Waals surface area contributed by atoms with E-state index in [2.05, 4.69) is 25.1 Å². The number of rotatable bonds is 7. The third-order valence-corrected chi connectivity index (χ3v) is 3.59. The molecular formula is C18H23NO2. The van der Waals surface area contributed by atoms with Crippen molar-refractivity contribution in [3.8, 4) is 11.5 Å². The Morgan fingerprint density at radius 2 is 1.81 bits per heavy atom. The zero-order valence-electron chi connectivity index (χ0n) is 12.7. The van der Waals surface area contributed by atoms with Gasteiger partial charge in [-0.05, 0) is 30.5 Å². The lowest BCUT2D eigenvalue weighted by atomic mass is 9.96. The third kappa shape index (κ3) is 3.99. The lowest BCUT2D eigenvalue weighted by Crippen LogP contribution is -2.07. The smallest absolute Gasteiger partial charge is 0.165 e. The second kappa shape index (κ2) is 7.70. The maximum Gasteiger partial charge on any atom is 0.165 e. The van der Waals surface area contributed by atoms with Gasteiger partial charge >= 0.3 is 0 Å². The van der Waals surface area contributed by atoms with Gasteiger partial charge in [-0.2, -0.15) is 0 Å². The van der Waals surface area contributed by atoms with Crippen molar-refractivity contribution in [3.63, 3.8) is 0 Å². The van der Waals surface area contributed by atoms with Gasteiger partial charge in [0.25, 0.3) is 0 Å². The molecule has 0 heterocycles. The Morgan fingerprint density at radius 3 is 2.48 bits per heavy atom. The maximum absolute atomic E-state index is 6.05. The van der Waals surface area contributed by atoms with Gasteiger partial charge in [0, 0.05) is 5.56 Å². The van der Waals surface area contributed by atoms with Crippen LogP contribution in [0.1, 0.15) is 30.4 Å². The summed E-state index contributed by atoms with van der Waals surface area (Å²) in [6, 6.07) is 16.1. The molecule has 0 aromatic heterocycles. The van der Waals surface area contributed by atoms with Gasteiger partial charge in [-0.1, -0.05) is 49.4 Å². The highest BCUT2D eigenvalue weighted by atomic mass is 16.5. The molecule has 0 fully saturated rings. The van der Waals surface area contributed by atoms with Crippen LogP contribution in [0.3, 0.4) is 0 Å². The number of benzene rings is 2. The van der Waals surface area contributed by atoms with E-state index in [1.807, 2.05) is 30.3 Å². The predicted octanol–water partition coefficient (Wildman–Crippen LogP) is 3.73. The molecule has 0 aliphatic rings.